The summed E-state index contributed by atoms with van der Waals surface area (Å²) in [6.45, 7) is 0.677. The second-order valence-corrected chi connectivity index (χ2v) is 10.2. The minimum absolute atomic E-state index is 0.213. The van der Waals surface area contributed by atoms with Crippen molar-refractivity contribution in [1.29, 1.82) is 0 Å². The molecule has 0 amide bonds. The van der Waals surface area contributed by atoms with Crippen molar-refractivity contribution in [3.05, 3.63) is 82.9 Å². The van der Waals surface area contributed by atoms with Crippen LogP contribution in [0.5, 0.6) is 0 Å². The summed E-state index contributed by atoms with van der Waals surface area (Å²) >= 11 is 1.53. The Balaban J connectivity index is 1.85. The van der Waals surface area contributed by atoms with E-state index in [1.54, 1.807) is 12.2 Å². The molecule has 0 radical (unpaired) electrons. The molecule has 2 aliphatic heterocycles. The summed E-state index contributed by atoms with van der Waals surface area (Å²) in [4.78, 5) is 4.40. The lowest BCUT2D eigenvalue weighted by Gasteiger charge is -2.38. The van der Waals surface area contributed by atoms with Crippen molar-refractivity contribution >= 4 is 38.9 Å². The molecule has 29 heavy (non-hydrogen) atoms. The molecule has 2 aliphatic rings. The fourth-order valence-electron chi connectivity index (χ4n) is 3.46. The molecule has 1 fully saturated rings. The Morgan fingerprint density at radius 3 is 1.90 bits per heavy atom. The molecule has 0 spiro atoms. The van der Waals surface area contributed by atoms with Gasteiger partial charge in [0.2, 0.25) is 0 Å². The predicted octanol–water partition coefficient (Wildman–Crippen LogP) is 2.96. The van der Waals surface area contributed by atoms with Crippen LogP contribution in [0.4, 0.5) is 0 Å². The highest BCUT2D eigenvalue weighted by Gasteiger charge is 2.45. The van der Waals surface area contributed by atoms with Crippen molar-refractivity contribution in [2.24, 2.45) is 4.99 Å². The van der Waals surface area contributed by atoms with Gasteiger partial charge in [-0.15, -0.1) is 0 Å². The predicted molar refractivity (Wildman–Crippen MR) is 120 cm³/mol. The highest BCUT2D eigenvalue weighted by molar-refractivity contribution is 8.14. The molecule has 2 N–H and O–H groups in total. The van der Waals surface area contributed by atoms with E-state index in [4.69, 9.17) is 0 Å². The molecule has 1 saturated heterocycles. The third-order valence-electron chi connectivity index (χ3n) is 4.83. The minimum atomic E-state index is -3.41. The molecule has 1 unspecified atom stereocenters. The number of nitrogens with zero attached hydrogens (tertiary/aromatic N) is 1. The number of thioether (sulfide) groups is 1. The lowest BCUT2D eigenvalue weighted by molar-refractivity contribution is 0.103. The Hall–Kier alpha value is -2.35. The Bertz CT molecular complexity index is 1010. The summed E-state index contributed by atoms with van der Waals surface area (Å²) in [6, 6.07) is 18.9. The molecule has 0 saturated carbocycles. The van der Waals surface area contributed by atoms with Crippen molar-refractivity contribution in [2.45, 2.75) is 5.72 Å². The first-order chi connectivity index (χ1) is 13.9. The minimum Gasteiger partial charge on any atom is -0.364 e. The molecule has 2 heterocycles. The van der Waals surface area contributed by atoms with Gasteiger partial charge in [-0.2, -0.15) is 0 Å². The van der Waals surface area contributed by atoms with Gasteiger partial charge in [0, 0.05) is 16.9 Å². The van der Waals surface area contributed by atoms with E-state index in [1.807, 2.05) is 60.7 Å². The van der Waals surface area contributed by atoms with E-state index in [9.17, 15) is 13.5 Å². The molecule has 2 aromatic rings. The van der Waals surface area contributed by atoms with Gasteiger partial charge in [0.1, 0.15) is 0 Å². The zero-order valence-electron chi connectivity index (χ0n) is 15.8. The summed E-state index contributed by atoms with van der Waals surface area (Å²) < 4.78 is 25.4. The second kappa shape index (κ2) is 8.18. The quantitative estimate of drug-likeness (QED) is 0.738. The van der Waals surface area contributed by atoms with Crippen molar-refractivity contribution in [2.75, 3.05) is 23.8 Å². The van der Waals surface area contributed by atoms with Gasteiger partial charge in [0.25, 0.3) is 0 Å². The van der Waals surface area contributed by atoms with Gasteiger partial charge in [-0.1, -0.05) is 72.4 Å². The molecular formula is C22H22N2O3S2. The highest BCUT2D eigenvalue weighted by atomic mass is 32.2. The van der Waals surface area contributed by atoms with Gasteiger partial charge >= 0.3 is 0 Å². The van der Waals surface area contributed by atoms with E-state index in [1.165, 1.54) is 11.8 Å². The number of rotatable bonds is 3. The van der Waals surface area contributed by atoms with Crippen molar-refractivity contribution in [3.8, 4) is 0 Å². The molecule has 2 aromatic carbocycles. The molecule has 0 aliphatic carbocycles. The van der Waals surface area contributed by atoms with Gasteiger partial charge in [-0.3, -0.25) is 4.99 Å². The van der Waals surface area contributed by atoms with Crippen LogP contribution in [0, 0.1) is 0 Å². The van der Waals surface area contributed by atoms with Gasteiger partial charge in [-0.25, -0.2) is 8.42 Å². The van der Waals surface area contributed by atoms with E-state index in [0.717, 1.165) is 16.9 Å². The summed E-state index contributed by atoms with van der Waals surface area (Å²) in [5.74, 6) is 0.414. The van der Waals surface area contributed by atoms with Crippen LogP contribution in [0.3, 0.4) is 0 Å². The van der Waals surface area contributed by atoms with Gasteiger partial charge < -0.3 is 10.4 Å². The SMILES string of the molecule is O=S1(=O)C/C(=C\c2ccccc2)C(O)(NC2=NCCS2)/C(=C\c2ccccc2)C1. The van der Waals surface area contributed by atoms with Gasteiger partial charge in [0.15, 0.2) is 20.7 Å². The fraction of sp³-hybridized carbons (Fsp3) is 0.227. The third kappa shape index (κ3) is 4.63. The lowest BCUT2D eigenvalue weighted by Crippen LogP contribution is -2.55. The van der Waals surface area contributed by atoms with Crippen molar-refractivity contribution < 1.29 is 13.5 Å². The first-order valence-electron chi connectivity index (χ1n) is 9.35. The van der Waals surface area contributed by atoms with Crippen LogP contribution < -0.4 is 5.32 Å². The summed E-state index contributed by atoms with van der Waals surface area (Å²) in [7, 11) is -3.41. The molecule has 150 valence electrons. The average Bonchev–Trinajstić information content (AvgIpc) is 3.20. The van der Waals surface area contributed by atoms with Crippen LogP contribution >= 0.6 is 11.8 Å². The largest absolute Gasteiger partial charge is 0.364 e. The Labute approximate surface area is 175 Å². The fourth-order valence-corrected chi connectivity index (χ4v) is 5.87. The summed E-state index contributed by atoms with van der Waals surface area (Å²) in [6.07, 6.45) is 3.51. The number of sulfone groups is 1. The molecular weight excluding hydrogens is 404 g/mol. The van der Waals surface area contributed by atoms with E-state index in [2.05, 4.69) is 10.3 Å². The first kappa shape index (κ1) is 19.9. The number of aliphatic hydroxyl groups is 1. The number of hydrogen-bond acceptors (Lipinski definition) is 6. The normalized spacial score (nSPS) is 26.4. The van der Waals surface area contributed by atoms with Crippen LogP contribution in [0.1, 0.15) is 11.1 Å². The lowest BCUT2D eigenvalue weighted by atomic mass is 9.92. The maximum Gasteiger partial charge on any atom is 0.184 e. The Morgan fingerprint density at radius 2 is 1.45 bits per heavy atom. The van der Waals surface area contributed by atoms with E-state index < -0.39 is 15.6 Å². The van der Waals surface area contributed by atoms with E-state index in [0.29, 0.717) is 22.9 Å². The van der Waals surface area contributed by atoms with Crippen LogP contribution in [-0.2, 0) is 9.84 Å². The van der Waals surface area contributed by atoms with Crippen molar-refractivity contribution in [1.82, 2.24) is 5.32 Å². The Kier molecular flexibility index (Phi) is 5.63. The van der Waals surface area contributed by atoms with Crippen LogP contribution in [-0.4, -0.2) is 48.2 Å². The van der Waals surface area contributed by atoms with Gasteiger partial charge in [-0.05, 0) is 23.3 Å². The molecule has 0 aromatic heterocycles. The zero-order valence-corrected chi connectivity index (χ0v) is 17.4. The van der Waals surface area contributed by atoms with E-state index >= 15 is 0 Å². The second-order valence-electron chi connectivity index (χ2n) is 7.06. The average molecular weight is 427 g/mol. The first-order valence-corrected chi connectivity index (χ1v) is 12.2. The number of benzene rings is 2. The molecule has 7 heteroatoms. The molecule has 4 rings (SSSR count). The number of hydrogen-bond donors (Lipinski definition) is 2. The van der Waals surface area contributed by atoms with Crippen LogP contribution in [0.15, 0.2) is 76.8 Å². The number of nitrogens with one attached hydrogen (secondary N) is 1. The monoisotopic (exact) mass is 426 g/mol. The standard InChI is InChI=1S/C22H22N2O3S2/c25-22(24-21-23-11-12-28-21)19(13-17-7-3-1-4-8-17)15-29(26,27)16-20(22)14-18-9-5-2-6-10-18/h1-10,13-14,25H,11-12,15-16H2,(H,23,24)/b19-13-,20-14+. The van der Waals surface area contributed by atoms with E-state index in [-0.39, 0.29) is 11.5 Å². The molecule has 5 nitrogen and oxygen atoms in total. The molecule has 0 bridgehead atoms. The third-order valence-corrected chi connectivity index (χ3v) is 7.23. The highest BCUT2D eigenvalue weighted by Crippen LogP contribution is 2.35. The van der Waals surface area contributed by atoms with Crippen LogP contribution in [0.2, 0.25) is 0 Å². The smallest absolute Gasteiger partial charge is 0.184 e. The summed E-state index contributed by atoms with van der Waals surface area (Å²) in [5, 5.41) is 15.6. The number of amidine groups is 1. The number of aliphatic imine (C=N–C) groups is 1. The summed E-state index contributed by atoms with van der Waals surface area (Å²) in [5.41, 5.74) is 0.840. The van der Waals surface area contributed by atoms with Crippen LogP contribution in [0.25, 0.3) is 12.2 Å². The maximum absolute atomic E-state index is 12.7. The molecule has 1 atom stereocenters. The zero-order chi connectivity index (χ0) is 20.3. The van der Waals surface area contributed by atoms with Gasteiger partial charge in [0.05, 0.1) is 18.1 Å². The maximum atomic E-state index is 12.7. The van der Waals surface area contributed by atoms with Crippen molar-refractivity contribution in [3.63, 3.8) is 0 Å². The Morgan fingerprint density at radius 1 is 0.931 bits per heavy atom. The topological polar surface area (TPSA) is 78.8 Å².